The molecule has 0 saturated heterocycles. The Bertz CT molecular complexity index is 504. The number of aromatic nitrogens is 1. The van der Waals surface area contributed by atoms with Crippen LogP contribution in [0.1, 0.15) is 25.3 Å². The minimum Gasteiger partial charge on any atom is -0.338 e. The average molecular weight is 245 g/mol. The number of anilines is 2. The number of hydrogen-bond acceptors (Lipinski definition) is 3. The molecule has 0 radical (unpaired) electrons. The van der Waals surface area contributed by atoms with Crippen molar-refractivity contribution in [1.29, 1.82) is 0 Å². The van der Waals surface area contributed by atoms with Gasteiger partial charge in [-0.25, -0.2) is 4.79 Å². The van der Waals surface area contributed by atoms with Crippen molar-refractivity contribution in [3.8, 4) is 0 Å². The summed E-state index contributed by atoms with van der Waals surface area (Å²) in [5.74, 6) is 0.786. The summed E-state index contributed by atoms with van der Waals surface area (Å²) < 4.78 is 4.77. The highest BCUT2D eigenvalue weighted by Crippen LogP contribution is 2.17. The molecule has 5 nitrogen and oxygen atoms in total. The number of benzene rings is 1. The van der Waals surface area contributed by atoms with E-state index in [-0.39, 0.29) is 6.03 Å². The second kappa shape index (κ2) is 5.35. The van der Waals surface area contributed by atoms with Crippen molar-refractivity contribution in [2.24, 2.45) is 0 Å². The molecule has 0 aliphatic rings. The molecular weight excluding hydrogens is 230 g/mol. The summed E-state index contributed by atoms with van der Waals surface area (Å²) in [5.41, 5.74) is 1.97. The Hall–Kier alpha value is -2.30. The Labute approximate surface area is 105 Å². The van der Waals surface area contributed by atoms with Crippen LogP contribution in [-0.2, 0) is 0 Å². The maximum absolute atomic E-state index is 11.6. The summed E-state index contributed by atoms with van der Waals surface area (Å²) in [5, 5.41) is 8.73. The molecule has 2 amide bonds. The molecule has 2 N–H and O–H groups in total. The predicted octanol–water partition coefficient (Wildman–Crippen LogP) is 3.44. The van der Waals surface area contributed by atoms with Crippen molar-refractivity contribution < 1.29 is 9.32 Å². The van der Waals surface area contributed by atoms with Crippen LogP contribution in [0.3, 0.4) is 0 Å². The topological polar surface area (TPSA) is 67.2 Å². The second-order valence-corrected chi connectivity index (χ2v) is 4.23. The molecule has 0 fully saturated rings. The van der Waals surface area contributed by atoms with E-state index in [4.69, 9.17) is 4.52 Å². The maximum atomic E-state index is 11.6. The van der Waals surface area contributed by atoms with Crippen LogP contribution in [0.2, 0.25) is 0 Å². The fraction of sp³-hybridized carbons (Fsp3) is 0.231. The molecule has 2 rings (SSSR count). The van der Waals surface area contributed by atoms with Crippen molar-refractivity contribution in [1.82, 2.24) is 5.16 Å². The van der Waals surface area contributed by atoms with Gasteiger partial charge in [-0.2, -0.15) is 0 Å². The zero-order valence-electron chi connectivity index (χ0n) is 10.3. The summed E-state index contributed by atoms with van der Waals surface area (Å²) in [7, 11) is 0. The number of rotatable bonds is 3. The lowest BCUT2D eigenvalue weighted by atomic mass is 10.0. The largest absolute Gasteiger partial charge is 0.338 e. The molecule has 1 heterocycles. The van der Waals surface area contributed by atoms with E-state index in [0.29, 0.717) is 11.8 Å². The van der Waals surface area contributed by atoms with E-state index >= 15 is 0 Å². The molecular formula is C13H15N3O2. The molecule has 1 aromatic heterocycles. The smallest absolute Gasteiger partial charge is 0.326 e. The normalized spacial score (nSPS) is 10.4. The lowest BCUT2D eigenvalue weighted by molar-refractivity contribution is 0.261. The van der Waals surface area contributed by atoms with Gasteiger partial charge in [0.05, 0.1) is 6.20 Å². The molecule has 0 saturated carbocycles. The van der Waals surface area contributed by atoms with Gasteiger partial charge < -0.3 is 9.84 Å². The van der Waals surface area contributed by atoms with Crippen LogP contribution in [0, 0.1) is 0 Å². The fourth-order valence-electron chi connectivity index (χ4n) is 1.51. The number of nitrogens with one attached hydrogen (secondary N) is 2. The van der Waals surface area contributed by atoms with Crippen molar-refractivity contribution in [3.05, 3.63) is 42.1 Å². The lowest BCUT2D eigenvalue weighted by Crippen LogP contribution is -2.18. The second-order valence-electron chi connectivity index (χ2n) is 4.23. The van der Waals surface area contributed by atoms with Gasteiger partial charge in [0.1, 0.15) is 0 Å². The molecule has 0 spiro atoms. The highest BCUT2D eigenvalue weighted by atomic mass is 16.5. The molecule has 1 aromatic carbocycles. The first-order chi connectivity index (χ1) is 8.65. The lowest BCUT2D eigenvalue weighted by Gasteiger charge is -2.08. The Balaban J connectivity index is 1.95. The van der Waals surface area contributed by atoms with E-state index in [9.17, 15) is 4.79 Å². The monoisotopic (exact) mass is 245 g/mol. The van der Waals surface area contributed by atoms with E-state index in [0.717, 1.165) is 5.69 Å². The molecule has 0 aliphatic heterocycles. The van der Waals surface area contributed by atoms with Gasteiger partial charge in [0.15, 0.2) is 0 Å². The number of hydrogen-bond donors (Lipinski definition) is 2. The Morgan fingerprint density at radius 1 is 1.17 bits per heavy atom. The van der Waals surface area contributed by atoms with Crippen LogP contribution in [0.4, 0.5) is 16.4 Å². The van der Waals surface area contributed by atoms with Crippen molar-refractivity contribution in [3.63, 3.8) is 0 Å². The molecule has 94 valence electrons. The standard InChI is InChI=1S/C13H15N3O2/c1-9(2)10-3-5-11(6-4-10)15-13(17)16-12-7-8-14-18-12/h3-9H,1-2H3,(H2,15,16,17). The molecule has 18 heavy (non-hydrogen) atoms. The summed E-state index contributed by atoms with van der Waals surface area (Å²) in [4.78, 5) is 11.6. The van der Waals surface area contributed by atoms with Crippen molar-refractivity contribution >= 4 is 17.6 Å². The number of carbonyl (C=O) groups excluding carboxylic acids is 1. The van der Waals surface area contributed by atoms with Gasteiger partial charge >= 0.3 is 6.03 Å². The molecule has 0 unspecified atom stereocenters. The van der Waals surface area contributed by atoms with Gasteiger partial charge in [-0.15, -0.1) is 0 Å². The van der Waals surface area contributed by atoms with Gasteiger partial charge in [0.25, 0.3) is 0 Å². The third kappa shape index (κ3) is 3.10. The van der Waals surface area contributed by atoms with Crippen LogP contribution in [0.5, 0.6) is 0 Å². The van der Waals surface area contributed by atoms with E-state index < -0.39 is 0 Å². The van der Waals surface area contributed by atoms with Crippen molar-refractivity contribution in [2.75, 3.05) is 10.6 Å². The Kier molecular flexibility index (Phi) is 3.62. The quantitative estimate of drug-likeness (QED) is 0.870. The number of amides is 2. The zero-order valence-corrected chi connectivity index (χ0v) is 10.3. The molecule has 0 bridgehead atoms. The molecule has 0 atom stereocenters. The Morgan fingerprint density at radius 3 is 2.44 bits per heavy atom. The van der Waals surface area contributed by atoms with Crippen LogP contribution in [0.15, 0.2) is 41.1 Å². The van der Waals surface area contributed by atoms with Crippen LogP contribution in [-0.4, -0.2) is 11.2 Å². The van der Waals surface area contributed by atoms with E-state index in [1.165, 1.54) is 11.8 Å². The molecule has 5 heteroatoms. The third-order valence-corrected chi connectivity index (χ3v) is 2.51. The third-order valence-electron chi connectivity index (χ3n) is 2.51. The predicted molar refractivity (Wildman–Crippen MR) is 69.7 cm³/mol. The molecule has 2 aromatic rings. The van der Waals surface area contributed by atoms with E-state index in [2.05, 4.69) is 29.6 Å². The minimum absolute atomic E-state index is 0.311. The average Bonchev–Trinajstić information content (AvgIpc) is 2.82. The van der Waals surface area contributed by atoms with Crippen molar-refractivity contribution in [2.45, 2.75) is 19.8 Å². The highest BCUT2D eigenvalue weighted by molar-refractivity contribution is 5.98. The zero-order chi connectivity index (χ0) is 13.0. The highest BCUT2D eigenvalue weighted by Gasteiger charge is 2.05. The molecule has 0 aliphatic carbocycles. The summed E-state index contributed by atoms with van der Waals surface area (Å²) in [6.45, 7) is 4.25. The number of urea groups is 1. The maximum Gasteiger partial charge on any atom is 0.326 e. The van der Waals surface area contributed by atoms with E-state index in [1.807, 2.05) is 24.3 Å². The summed E-state index contributed by atoms with van der Waals surface area (Å²) in [6, 6.07) is 8.94. The number of nitrogens with zero attached hydrogens (tertiary/aromatic N) is 1. The van der Waals surface area contributed by atoms with Crippen LogP contribution in [0.25, 0.3) is 0 Å². The van der Waals surface area contributed by atoms with Gasteiger partial charge in [-0.1, -0.05) is 31.1 Å². The number of carbonyl (C=O) groups is 1. The van der Waals surface area contributed by atoms with Crippen LogP contribution < -0.4 is 10.6 Å². The van der Waals surface area contributed by atoms with Crippen LogP contribution >= 0.6 is 0 Å². The minimum atomic E-state index is -0.357. The first-order valence-electron chi connectivity index (χ1n) is 5.74. The summed E-state index contributed by atoms with van der Waals surface area (Å²) in [6.07, 6.45) is 1.47. The first-order valence-corrected chi connectivity index (χ1v) is 5.74. The van der Waals surface area contributed by atoms with E-state index in [1.54, 1.807) is 6.07 Å². The van der Waals surface area contributed by atoms with Gasteiger partial charge in [-0.05, 0) is 23.6 Å². The Morgan fingerprint density at radius 2 is 1.89 bits per heavy atom. The van der Waals surface area contributed by atoms with Gasteiger partial charge in [0.2, 0.25) is 5.88 Å². The summed E-state index contributed by atoms with van der Waals surface area (Å²) >= 11 is 0. The fourth-order valence-corrected chi connectivity index (χ4v) is 1.51. The van der Waals surface area contributed by atoms with Gasteiger partial charge in [-0.3, -0.25) is 5.32 Å². The SMILES string of the molecule is CC(C)c1ccc(NC(=O)Nc2ccno2)cc1. The first kappa shape index (κ1) is 12.2. The van der Waals surface area contributed by atoms with Gasteiger partial charge in [0, 0.05) is 11.8 Å².